The predicted molar refractivity (Wildman–Crippen MR) is 76.4 cm³/mol. The number of hydrogen-bond donors (Lipinski definition) is 2. The van der Waals surface area contributed by atoms with E-state index >= 15 is 0 Å². The molecule has 2 aromatic rings. The van der Waals surface area contributed by atoms with E-state index in [0.29, 0.717) is 11.1 Å². The van der Waals surface area contributed by atoms with Crippen LogP contribution in [0.5, 0.6) is 0 Å². The molecule has 1 aromatic carbocycles. The Bertz CT molecular complexity index is 706. The number of fused-ring (bicyclic) bond motifs is 1. The van der Waals surface area contributed by atoms with Gasteiger partial charge in [-0.25, -0.2) is 9.18 Å². The van der Waals surface area contributed by atoms with Gasteiger partial charge in [-0.2, -0.15) is 0 Å². The number of carbonyl (C=O) groups excluding carboxylic acids is 1. The largest absolute Gasteiger partial charge is 0.480 e. The lowest BCUT2D eigenvalue weighted by Gasteiger charge is -2.31. The van der Waals surface area contributed by atoms with Crippen LogP contribution in [0.2, 0.25) is 0 Å². The monoisotopic (exact) mass is 292 g/mol. The van der Waals surface area contributed by atoms with Crippen molar-refractivity contribution < 1.29 is 19.1 Å². The summed E-state index contributed by atoms with van der Waals surface area (Å²) in [5.41, 5.74) is 0.0379. The molecule has 0 atom stereocenters. The molecule has 1 heterocycles. The lowest BCUT2D eigenvalue weighted by molar-refractivity contribution is -0.155. The Balaban J connectivity index is 2.24. The molecule has 0 saturated carbocycles. The Morgan fingerprint density at radius 1 is 1.38 bits per heavy atom. The highest BCUT2D eigenvalue weighted by Crippen LogP contribution is 2.21. The Morgan fingerprint density at radius 2 is 2.05 bits per heavy atom. The highest BCUT2D eigenvalue weighted by molar-refractivity contribution is 5.91. The number of carboxylic acid groups (broad SMARTS) is 1. The standard InChI is InChI=1S/C15H17FN2O3/c1-15(2,14(20)21)18(3)13(19)6-9-8-17-12-7-10(16)4-5-11(9)12/h4-5,7-8,17H,6H2,1-3H3,(H,20,21). The van der Waals surface area contributed by atoms with Crippen molar-refractivity contribution in [1.82, 2.24) is 9.88 Å². The van der Waals surface area contributed by atoms with Crippen LogP contribution < -0.4 is 0 Å². The van der Waals surface area contributed by atoms with Gasteiger partial charge in [0.05, 0.1) is 6.42 Å². The molecule has 2 rings (SSSR count). The van der Waals surface area contributed by atoms with Crippen LogP contribution in [0, 0.1) is 5.82 Å². The second kappa shape index (κ2) is 5.20. The fourth-order valence-electron chi connectivity index (χ4n) is 2.04. The zero-order valence-corrected chi connectivity index (χ0v) is 12.1. The van der Waals surface area contributed by atoms with Gasteiger partial charge in [0.1, 0.15) is 11.4 Å². The normalized spacial score (nSPS) is 11.6. The molecular formula is C15H17FN2O3. The quantitative estimate of drug-likeness (QED) is 0.907. The van der Waals surface area contributed by atoms with Gasteiger partial charge in [-0.05, 0) is 37.6 Å². The molecule has 2 N–H and O–H groups in total. The maximum atomic E-state index is 13.1. The topological polar surface area (TPSA) is 73.4 Å². The average molecular weight is 292 g/mol. The first-order chi connectivity index (χ1) is 9.73. The van der Waals surface area contributed by atoms with E-state index in [1.54, 1.807) is 12.3 Å². The number of halogens is 1. The summed E-state index contributed by atoms with van der Waals surface area (Å²) >= 11 is 0. The number of nitrogens with one attached hydrogen (secondary N) is 1. The zero-order valence-electron chi connectivity index (χ0n) is 12.1. The second-order valence-corrected chi connectivity index (χ2v) is 5.50. The molecule has 0 aliphatic rings. The Morgan fingerprint density at radius 3 is 2.67 bits per heavy atom. The number of hydrogen-bond acceptors (Lipinski definition) is 2. The molecular weight excluding hydrogens is 275 g/mol. The summed E-state index contributed by atoms with van der Waals surface area (Å²) in [5, 5.41) is 9.90. The van der Waals surface area contributed by atoms with Crippen molar-refractivity contribution in [3.05, 3.63) is 35.8 Å². The lowest BCUT2D eigenvalue weighted by Crippen LogP contribution is -2.51. The van der Waals surface area contributed by atoms with E-state index in [0.717, 1.165) is 5.39 Å². The number of aromatic nitrogens is 1. The Labute approximate surface area is 121 Å². The number of H-pyrrole nitrogens is 1. The molecule has 1 amide bonds. The summed E-state index contributed by atoms with van der Waals surface area (Å²) in [6.07, 6.45) is 1.70. The Hall–Kier alpha value is -2.37. The molecule has 112 valence electrons. The van der Waals surface area contributed by atoms with Gasteiger partial charge >= 0.3 is 5.97 Å². The summed E-state index contributed by atoms with van der Waals surface area (Å²) < 4.78 is 13.1. The van der Waals surface area contributed by atoms with E-state index in [1.165, 1.54) is 37.9 Å². The van der Waals surface area contributed by atoms with Crippen LogP contribution in [0.3, 0.4) is 0 Å². The van der Waals surface area contributed by atoms with Crippen LogP contribution in [0.15, 0.2) is 24.4 Å². The van der Waals surface area contributed by atoms with Gasteiger partial charge in [0, 0.05) is 24.1 Å². The first-order valence-corrected chi connectivity index (χ1v) is 6.49. The van der Waals surface area contributed by atoms with Gasteiger partial charge in [-0.15, -0.1) is 0 Å². The van der Waals surface area contributed by atoms with Gasteiger partial charge in [0.15, 0.2) is 0 Å². The van der Waals surface area contributed by atoms with Crippen molar-refractivity contribution >= 4 is 22.8 Å². The van der Waals surface area contributed by atoms with E-state index in [4.69, 9.17) is 5.11 Å². The van der Waals surface area contributed by atoms with Gasteiger partial charge in [0.2, 0.25) is 5.91 Å². The van der Waals surface area contributed by atoms with Crippen molar-refractivity contribution in [2.75, 3.05) is 7.05 Å². The van der Waals surface area contributed by atoms with Crippen molar-refractivity contribution in [2.45, 2.75) is 25.8 Å². The maximum absolute atomic E-state index is 13.1. The van der Waals surface area contributed by atoms with Crippen molar-refractivity contribution in [3.63, 3.8) is 0 Å². The van der Waals surface area contributed by atoms with E-state index in [-0.39, 0.29) is 18.1 Å². The molecule has 5 nitrogen and oxygen atoms in total. The highest BCUT2D eigenvalue weighted by Gasteiger charge is 2.35. The van der Waals surface area contributed by atoms with Gasteiger partial charge in [-0.1, -0.05) is 0 Å². The maximum Gasteiger partial charge on any atom is 0.329 e. The summed E-state index contributed by atoms with van der Waals surface area (Å²) in [6.45, 7) is 2.94. The first-order valence-electron chi connectivity index (χ1n) is 6.49. The molecule has 1 aromatic heterocycles. The molecule has 0 unspecified atom stereocenters. The minimum atomic E-state index is -1.28. The third-order valence-corrected chi connectivity index (χ3v) is 3.81. The Kier molecular flexibility index (Phi) is 3.72. The van der Waals surface area contributed by atoms with E-state index in [1.807, 2.05) is 0 Å². The smallest absolute Gasteiger partial charge is 0.329 e. The molecule has 0 aliphatic heterocycles. The van der Waals surface area contributed by atoms with E-state index in [2.05, 4.69) is 4.98 Å². The number of aliphatic carboxylic acids is 1. The molecule has 6 heteroatoms. The van der Waals surface area contributed by atoms with Crippen LogP contribution in [0.4, 0.5) is 4.39 Å². The number of rotatable bonds is 4. The fourth-order valence-corrected chi connectivity index (χ4v) is 2.04. The second-order valence-electron chi connectivity index (χ2n) is 5.50. The summed E-state index contributed by atoms with van der Waals surface area (Å²) in [6, 6.07) is 4.29. The van der Waals surface area contributed by atoms with Crippen LogP contribution in [0.25, 0.3) is 10.9 Å². The average Bonchev–Trinajstić information content (AvgIpc) is 2.79. The molecule has 0 spiro atoms. The minimum absolute atomic E-state index is 0.0544. The third-order valence-electron chi connectivity index (χ3n) is 3.81. The van der Waals surface area contributed by atoms with Crippen molar-refractivity contribution in [3.8, 4) is 0 Å². The number of likely N-dealkylation sites (N-methyl/N-ethyl adjacent to an activating group) is 1. The summed E-state index contributed by atoms with van der Waals surface area (Å²) in [7, 11) is 1.46. The zero-order chi connectivity index (χ0) is 15.8. The number of nitrogens with zero attached hydrogens (tertiary/aromatic N) is 1. The molecule has 0 aliphatic carbocycles. The number of carboxylic acids is 1. The van der Waals surface area contributed by atoms with Crippen LogP contribution in [-0.2, 0) is 16.0 Å². The predicted octanol–water partition coefficient (Wildman–Crippen LogP) is 2.17. The van der Waals surface area contributed by atoms with Crippen LogP contribution >= 0.6 is 0 Å². The molecule has 0 bridgehead atoms. The molecule has 0 radical (unpaired) electrons. The number of amides is 1. The molecule has 21 heavy (non-hydrogen) atoms. The van der Waals surface area contributed by atoms with E-state index < -0.39 is 11.5 Å². The fraction of sp³-hybridized carbons (Fsp3) is 0.333. The minimum Gasteiger partial charge on any atom is -0.480 e. The molecule has 0 saturated heterocycles. The van der Waals surface area contributed by atoms with Crippen LogP contribution in [0.1, 0.15) is 19.4 Å². The number of aromatic amines is 1. The SMILES string of the molecule is CN(C(=O)Cc1c[nH]c2cc(F)ccc12)C(C)(C)C(=O)O. The van der Waals surface area contributed by atoms with Crippen LogP contribution in [-0.4, -0.2) is 39.5 Å². The number of benzene rings is 1. The lowest BCUT2D eigenvalue weighted by atomic mass is 10.0. The van der Waals surface area contributed by atoms with Gasteiger partial charge in [0.25, 0.3) is 0 Å². The van der Waals surface area contributed by atoms with Crippen molar-refractivity contribution in [2.24, 2.45) is 0 Å². The summed E-state index contributed by atoms with van der Waals surface area (Å²) in [5.74, 6) is -1.74. The van der Waals surface area contributed by atoms with Crippen molar-refractivity contribution in [1.29, 1.82) is 0 Å². The van der Waals surface area contributed by atoms with Gasteiger partial charge in [-0.3, -0.25) is 4.79 Å². The number of carbonyl (C=O) groups is 2. The third kappa shape index (κ3) is 2.74. The molecule has 0 fully saturated rings. The highest BCUT2D eigenvalue weighted by atomic mass is 19.1. The first kappa shape index (κ1) is 15.0. The van der Waals surface area contributed by atoms with Gasteiger partial charge < -0.3 is 15.0 Å². The van der Waals surface area contributed by atoms with E-state index in [9.17, 15) is 14.0 Å². The summed E-state index contributed by atoms with van der Waals surface area (Å²) in [4.78, 5) is 27.5.